The van der Waals surface area contributed by atoms with Gasteiger partial charge in [-0.2, -0.15) is 8.78 Å². The Morgan fingerprint density at radius 3 is 2.06 bits per heavy atom. The fraction of sp³-hybridized carbons (Fsp3) is 0.636. The minimum atomic E-state index is -4.19. The molecule has 0 saturated heterocycles. The van der Waals surface area contributed by atoms with Gasteiger partial charge in [0.15, 0.2) is 0 Å². The van der Waals surface area contributed by atoms with E-state index in [0.717, 1.165) is 16.2 Å². The predicted molar refractivity (Wildman–Crippen MR) is 60.9 cm³/mol. The van der Waals surface area contributed by atoms with Gasteiger partial charge in [-0.25, -0.2) is 8.78 Å². The van der Waals surface area contributed by atoms with Crippen LogP contribution in [0.4, 0.5) is 17.6 Å². The van der Waals surface area contributed by atoms with Crippen molar-refractivity contribution in [1.29, 1.82) is 0 Å². The molecule has 0 spiro atoms. The molecule has 0 aromatic carbocycles. The largest absolute Gasteiger partial charge is 0.327 e. The zero-order valence-electron chi connectivity index (χ0n) is 9.81. The Labute approximate surface area is 102 Å². The summed E-state index contributed by atoms with van der Waals surface area (Å²) in [5.74, 6) is -4.19. The lowest BCUT2D eigenvalue weighted by molar-refractivity contribution is -0.143. The van der Waals surface area contributed by atoms with Crippen LogP contribution in [-0.4, -0.2) is 12.3 Å². The number of thiophene rings is 1. The summed E-state index contributed by atoms with van der Waals surface area (Å²) in [6.45, 7) is 5.75. The average Bonchev–Trinajstić information content (AvgIpc) is 2.63. The molecule has 1 nitrogen and oxygen atoms in total. The molecule has 0 aliphatic rings. The van der Waals surface area contributed by atoms with Crippen LogP contribution in [0.5, 0.6) is 0 Å². The van der Waals surface area contributed by atoms with Crippen LogP contribution in [0.1, 0.15) is 36.6 Å². The number of nitrogens with two attached hydrogens (primary N) is 1. The van der Waals surface area contributed by atoms with Crippen molar-refractivity contribution in [3.8, 4) is 0 Å². The van der Waals surface area contributed by atoms with Gasteiger partial charge in [0.2, 0.25) is 0 Å². The van der Waals surface area contributed by atoms with E-state index in [9.17, 15) is 17.6 Å². The first-order valence-corrected chi connectivity index (χ1v) is 5.90. The molecule has 1 rings (SSSR count). The third kappa shape index (κ3) is 2.98. The molecule has 0 saturated carbocycles. The Morgan fingerprint density at radius 2 is 1.71 bits per heavy atom. The van der Waals surface area contributed by atoms with E-state index in [1.165, 1.54) is 6.07 Å². The molecular weight excluding hydrogens is 254 g/mol. The summed E-state index contributed by atoms with van der Waals surface area (Å²) in [4.78, 5) is 0.924. The second-order valence-corrected chi connectivity index (χ2v) is 6.02. The molecule has 0 aliphatic carbocycles. The first-order chi connectivity index (χ1) is 7.56. The maximum absolute atomic E-state index is 13.1. The molecule has 0 radical (unpaired) electrons. The maximum Gasteiger partial charge on any atom is 0.327 e. The fourth-order valence-corrected chi connectivity index (χ4v) is 2.36. The van der Waals surface area contributed by atoms with Crippen molar-refractivity contribution in [1.82, 2.24) is 0 Å². The van der Waals surface area contributed by atoms with E-state index in [-0.39, 0.29) is 10.3 Å². The lowest BCUT2D eigenvalue weighted by atomic mass is 9.95. The van der Waals surface area contributed by atoms with Crippen molar-refractivity contribution < 1.29 is 17.6 Å². The van der Waals surface area contributed by atoms with Gasteiger partial charge < -0.3 is 5.73 Å². The van der Waals surface area contributed by atoms with E-state index in [2.05, 4.69) is 0 Å². The monoisotopic (exact) mass is 269 g/mol. The van der Waals surface area contributed by atoms with Crippen LogP contribution >= 0.6 is 11.3 Å². The van der Waals surface area contributed by atoms with E-state index in [1.807, 2.05) is 20.8 Å². The van der Waals surface area contributed by atoms with Crippen molar-refractivity contribution in [2.45, 2.75) is 44.6 Å². The Balaban J connectivity index is 2.99. The van der Waals surface area contributed by atoms with Crippen LogP contribution in [0, 0.1) is 0 Å². The Kier molecular flexibility index (Phi) is 3.88. The summed E-state index contributed by atoms with van der Waals surface area (Å²) in [5, 5.41) is 0. The molecule has 0 aliphatic heterocycles. The Morgan fingerprint density at radius 1 is 1.18 bits per heavy atom. The first-order valence-electron chi connectivity index (χ1n) is 5.08. The quantitative estimate of drug-likeness (QED) is 0.826. The summed E-state index contributed by atoms with van der Waals surface area (Å²) in [5.41, 5.74) is 5.01. The fourth-order valence-electron chi connectivity index (χ4n) is 1.25. The first kappa shape index (κ1) is 14.4. The number of hydrogen-bond donors (Lipinski definition) is 1. The maximum atomic E-state index is 13.1. The third-order valence-corrected chi connectivity index (χ3v) is 3.97. The highest BCUT2D eigenvalue weighted by Gasteiger charge is 2.48. The summed E-state index contributed by atoms with van der Waals surface area (Å²) in [6, 6.07) is 1.09. The zero-order chi connectivity index (χ0) is 13.4. The van der Waals surface area contributed by atoms with Gasteiger partial charge in [-0.3, -0.25) is 0 Å². The molecular formula is C11H15F4NS. The number of halogens is 4. The van der Waals surface area contributed by atoms with E-state index in [1.54, 1.807) is 6.07 Å². The molecule has 1 aromatic heterocycles. The number of alkyl halides is 4. The molecule has 1 unspecified atom stereocenters. The van der Waals surface area contributed by atoms with Crippen molar-refractivity contribution in [3.63, 3.8) is 0 Å². The van der Waals surface area contributed by atoms with Crippen LogP contribution in [0.25, 0.3) is 0 Å². The summed E-state index contributed by atoms with van der Waals surface area (Å²) < 4.78 is 50.5. The smallest absolute Gasteiger partial charge is 0.318 e. The minimum absolute atomic E-state index is 0.0835. The molecule has 1 atom stereocenters. The normalized spacial score (nSPS) is 15.4. The van der Waals surface area contributed by atoms with Gasteiger partial charge in [-0.05, 0) is 17.5 Å². The molecule has 0 bridgehead atoms. The number of hydrogen-bond acceptors (Lipinski definition) is 2. The highest BCUT2D eigenvalue weighted by atomic mass is 32.1. The highest BCUT2D eigenvalue weighted by Crippen LogP contribution is 2.39. The third-order valence-electron chi connectivity index (χ3n) is 2.38. The van der Waals surface area contributed by atoms with E-state index in [4.69, 9.17) is 5.73 Å². The molecule has 1 heterocycles. The van der Waals surface area contributed by atoms with Crippen LogP contribution in [0.15, 0.2) is 12.1 Å². The van der Waals surface area contributed by atoms with Crippen LogP contribution < -0.4 is 5.73 Å². The molecule has 0 amide bonds. The van der Waals surface area contributed by atoms with Gasteiger partial charge >= 0.3 is 12.3 Å². The van der Waals surface area contributed by atoms with E-state index < -0.39 is 18.4 Å². The van der Waals surface area contributed by atoms with Gasteiger partial charge in [-0.1, -0.05) is 20.8 Å². The second-order valence-electron chi connectivity index (χ2n) is 4.90. The molecule has 2 N–H and O–H groups in total. The van der Waals surface area contributed by atoms with Crippen molar-refractivity contribution in [3.05, 3.63) is 21.9 Å². The van der Waals surface area contributed by atoms with Gasteiger partial charge in [-0.15, -0.1) is 11.3 Å². The van der Waals surface area contributed by atoms with E-state index >= 15 is 0 Å². The van der Waals surface area contributed by atoms with Crippen LogP contribution in [-0.2, 0) is 5.41 Å². The van der Waals surface area contributed by atoms with Crippen LogP contribution in [0.2, 0.25) is 0 Å². The lowest BCUT2D eigenvalue weighted by Gasteiger charge is -2.22. The van der Waals surface area contributed by atoms with Crippen molar-refractivity contribution in [2.24, 2.45) is 5.73 Å². The standard InChI is InChI=1S/C11H15F4NS/c1-10(2,3)7-5-4-6(17-7)8(16)11(14,15)9(12)13/h4-5,8-9H,16H2,1-3H3. The van der Waals surface area contributed by atoms with Crippen molar-refractivity contribution in [2.75, 3.05) is 0 Å². The second kappa shape index (κ2) is 4.57. The van der Waals surface area contributed by atoms with Gasteiger partial charge in [0, 0.05) is 9.75 Å². The lowest BCUT2D eigenvalue weighted by Crippen LogP contribution is -2.38. The SMILES string of the molecule is CC(C)(C)c1ccc(C(N)C(F)(F)C(F)F)s1. The molecule has 0 fully saturated rings. The van der Waals surface area contributed by atoms with Gasteiger partial charge in [0.1, 0.15) is 6.04 Å². The molecule has 1 aromatic rings. The minimum Gasteiger partial charge on any atom is -0.318 e. The topological polar surface area (TPSA) is 26.0 Å². The van der Waals surface area contributed by atoms with E-state index in [0.29, 0.717) is 0 Å². The van der Waals surface area contributed by atoms with Gasteiger partial charge in [0.25, 0.3) is 0 Å². The zero-order valence-corrected chi connectivity index (χ0v) is 10.6. The van der Waals surface area contributed by atoms with Gasteiger partial charge in [0.05, 0.1) is 0 Å². The summed E-state index contributed by atoms with van der Waals surface area (Å²) in [7, 11) is 0. The predicted octanol–water partition coefficient (Wildman–Crippen LogP) is 3.95. The Bertz CT molecular complexity index is 381. The van der Waals surface area contributed by atoms with Crippen molar-refractivity contribution >= 4 is 11.3 Å². The average molecular weight is 269 g/mol. The number of rotatable bonds is 3. The molecule has 6 heteroatoms. The summed E-state index contributed by atoms with van der Waals surface area (Å²) >= 11 is 1.05. The highest BCUT2D eigenvalue weighted by molar-refractivity contribution is 7.12. The molecule has 98 valence electrons. The summed E-state index contributed by atoms with van der Waals surface area (Å²) in [6.07, 6.45) is -3.75. The Hall–Kier alpha value is -0.620. The molecule has 17 heavy (non-hydrogen) atoms. The van der Waals surface area contributed by atoms with Crippen LogP contribution in [0.3, 0.4) is 0 Å².